The number of nitrogens with zero attached hydrogens (tertiary/aromatic N) is 3. The van der Waals surface area contributed by atoms with Gasteiger partial charge in [-0.15, -0.1) is 0 Å². The van der Waals surface area contributed by atoms with Crippen molar-refractivity contribution < 1.29 is 9.53 Å². The minimum absolute atomic E-state index is 0. The molecule has 3 aliphatic rings. The number of urea groups is 1. The third-order valence-electron chi connectivity index (χ3n) is 6.36. The Labute approximate surface area is 174 Å². The summed E-state index contributed by atoms with van der Waals surface area (Å²) in [7, 11) is 2.10. The average Bonchev–Trinajstić information content (AvgIpc) is 2.73. The average molecular weight is 655 g/mol. The summed E-state index contributed by atoms with van der Waals surface area (Å²) in [6.45, 7) is 6.87. The monoisotopic (exact) mass is 652 g/mol. The number of allylic oxidation sites excluding steroid dienone is 2. The Morgan fingerprint density at radius 2 is 1.97 bits per heavy atom. The molecule has 9 heteroatoms. The minimum atomic E-state index is -0.666. The molecule has 2 fully saturated rings. The summed E-state index contributed by atoms with van der Waals surface area (Å²) in [6.07, 6.45) is 9.62. The minimum Gasteiger partial charge on any atom is -0.660 e. The van der Waals surface area contributed by atoms with Crippen LogP contribution in [0.3, 0.4) is 0 Å². The summed E-state index contributed by atoms with van der Waals surface area (Å²) < 4.78 is 4.91. The van der Waals surface area contributed by atoms with E-state index in [0.717, 1.165) is 56.2 Å². The molecule has 0 spiro atoms. The molecule has 2 aliphatic heterocycles. The van der Waals surface area contributed by atoms with Gasteiger partial charge in [-0.1, -0.05) is 13.0 Å². The number of piperazine rings is 1. The van der Waals surface area contributed by atoms with Crippen LogP contribution in [0, 0.1) is 11.3 Å². The van der Waals surface area contributed by atoms with Gasteiger partial charge >= 0.3 is 6.03 Å². The Morgan fingerprint density at radius 1 is 1.30 bits per heavy atom. The number of dihydropyridines is 1. The normalized spacial score (nSPS) is 25.8. The molecule has 4 N–H and O–H groups in total. The first-order chi connectivity index (χ1) is 14.0. The van der Waals surface area contributed by atoms with Crippen molar-refractivity contribution in [1.82, 2.24) is 20.0 Å². The summed E-state index contributed by atoms with van der Waals surface area (Å²) >= 11 is 0. The first kappa shape index (κ1) is 23.2. The van der Waals surface area contributed by atoms with Crippen LogP contribution in [0.15, 0.2) is 23.4 Å². The molecule has 0 radical (unpaired) electrons. The van der Waals surface area contributed by atoms with Crippen LogP contribution >= 0.6 is 0 Å². The molecule has 1 saturated heterocycles. The van der Waals surface area contributed by atoms with Crippen molar-refractivity contribution in [3.8, 4) is 0 Å². The number of nitrogens with two attached hydrogens (primary N) is 1. The van der Waals surface area contributed by atoms with Gasteiger partial charge in [0.2, 0.25) is 0 Å². The number of hydrogen-bond donors (Lipinski definition) is 3. The van der Waals surface area contributed by atoms with E-state index in [1.807, 2.05) is 23.5 Å². The van der Waals surface area contributed by atoms with E-state index in [2.05, 4.69) is 29.1 Å². The molecule has 8 nitrogen and oxygen atoms in total. The second-order valence-electron chi connectivity index (χ2n) is 8.54. The maximum absolute atomic E-state index is 13.4. The van der Waals surface area contributed by atoms with Crippen molar-refractivity contribution in [3.63, 3.8) is 0 Å². The van der Waals surface area contributed by atoms with Crippen LogP contribution in [0.4, 0.5) is 4.79 Å². The molecule has 0 aromatic carbocycles. The van der Waals surface area contributed by atoms with E-state index in [1.54, 1.807) is 0 Å². The largest absolute Gasteiger partial charge is 0.660 e. The van der Waals surface area contributed by atoms with E-state index in [1.165, 1.54) is 12.8 Å². The van der Waals surface area contributed by atoms with Gasteiger partial charge in [-0.2, -0.15) is 0 Å². The SMILES string of the molecule is CC1CCC(N(CC2=CC=C(C(N)O[C-]=N)CN2)C(=O)N2CCN(C)CC2)CC1.[Cf]. The molecule has 2 heterocycles. The van der Waals surface area contributed by atoms with E-state index >= 15 is 0 Å². The fourth-order valence-electron chi connectivity index (χ4n) is 4.25. The number of likely N-dealkylation sites (N-methyl/N-ethyl adjacent to an activating group) is 1. The first-order valence-corrected chi connectivity index (χ1v) is 10.7. The quantitative estimate of drug-likeness (QED) is 0.175. The molecular weight excluding hydrogens is 619 g/mol. The summed E-state index contributed by atoms with van der Waals surface area (Å²) in [6, 6.07) is 0.457. The van der Waals surface area contributed by atoms with Gasteiger partial charge in [0, 0.05) is 50.0 Å². The van der Waals surface area contributed by atoms with Crippen LogP contribution in [0.25, 0.3) is 0 Å². The van der Waals surface area contributed by atoms with E-state index in [-0.39, 0.29) is 6.03 Å². The second-order valence-corrected chi connectivity index (χ2v) is 8.54. The molecule has 0 aromatic heterocycles. The van der Waals surface area contributed by atoms with Gasteiger partial charge in [-0.25, -0.2) is 11.2 Å². The zero-order valence-electron chi connectivity index (χ0n) is 18.0. The fraction of sp³-hybridized carbons (Fsp3) is 0.714. The van der Waals surface area contributed by atoms with Crippen LogP contribution in [-0.2, 0) is 4.74 Å². The van der Waals surface area contributed by atoms with Gasteiger partial charge in [0.25, 0.3) is 0 Å². The Hall–Kier alpha value is -3.06. The van der Waals surface area contributed by atoms with Crippen LogP contribution in [0.5, 0.6) is 0 Å². The smallest absolute Gasteiger partial charge is 0.320 e. The number of nitrogens with one attached hydrogen (secondary N) is 2. The molecule has 1 atom stereocenters. The van der Waals surface area contributed by atoms with Gasteiger partial charge in [0.15, 0.2) is 0 Å². The summed E-state index contributed by atoms with van der Waals surface area (Å²) in [5.41, 5.74) is 7.75. The van der Waals surface area contributed by atoms with E-state index < -0.39 is 6.23 Å². The molecule has 172 valence electrons. The number of carbonyl (C=O) groups excluding carboxylic acids is 1. The molecule has 30 heavy (non-hydrogen) atoms. The van der Waals surface area contributed by atoms with Crippen molar-refractivity contribution in [2.45, 2.75) is 44.9 Å². The Bertz CT molecular complexity index is 639. The number of carbonyl (C=O) groups is 1. The Balaban J connectivity index is 0.00000320. The van der Waals surface area contributed by atoms with Gasteiger partial charge in [-0.05, 0) is 44.7 Å². The maximum Gasteiger partial charge on any atom is 0.320 e. The summed E-state index contributed by atoms with van der Waals surface area (Å²) in [4.78, 5) is 19.8. The van der Waals surface area contributed by atoms with Crippen LogP contribution in [-0.4, -0.2) is 85.7 Å². The first-order valence-electron chi connectivity index (χ1n) is 10.7. The molecule has 3 rings (SSSR count). The van der Waals surface area contributed by atoms with Crippen molar-refractivity contribution in [2.24, 2.45) is 11.7 Å². The third kappa shape index (κ3) is 5.73. The van der Waals surface area contributed by atoms with E-state index in [4.69, 9.17) is 15.9 Å². The predicted molar refractivity (Wildman–Crippen MR) is 114 cm³/mol. The maximum atomic E-state index is 13.4. The number of ether oxygens (including phenoxy) is 1. The number of rotatable bonds is 6. The summed E-state index contributed by atoms with van der Waals surface area (Å²) in [5.74, 6) is 0.747. The Kier molecular flexibility index (Phi) is 8.24. The third-order valence-corrected chi connectivity index (χ3v) is 6.36. The molecule has 0 aromatic rings. The molecule has 1 aliphatic carbocycles. The van der Waals surface area contributed by atoms with Crippen LogP contribution in [0.2, 0.25) is 0 Å². The van der Waals surface area contributed by atoms with E-state index in [0.29, 0.717) is 19.1 Å². The molecule has 1 unspecified atom stereocenters. The zero-order valence-corrected chi connectivity index (χ0v) is 20.6. The molecule has 1 saturated carbocycles. The molecular formula is C21H35CfN6O2-. The molecule has 0 bridgehead atoms. The standard InChI is InChI=1S/C21H35N6O2.Cf/c1-16-3-7-19(8-4-16)27(21(28)26-11-9-25(2)10-12-26)14-18-6-5-17(13-24-18)20(23)29-15-22;/h5-6,16,19-20,22,24H,3-4,7-14,23H2,1-2H3;/q-1;. The van der Waals surface area contributed by atoms with Crippen molar-refractivity contribution in [2.75, 3.05) is 46.3 Å². The van der Waals surface area contributed by atoms with Gasteiger partial charge in [0.1, 0.15) is 6.23 Å². The van der Waals surface area contributed by atoms with Crippen molar-refractivity contribution >= 4 is 12.4 Å². The van der Waals surface area contributed by atoms with Crippen molar-refractivity contribution in [1.29, 1.82) is 5.41 Å². The van der Waals surface area contributed by atoms with E-state index in [9.17, 15) is 4.79 Å². The predicted octanol–water partition coefficient (Wildman–Crippen LogP) is 1.43. The number of amides is 2. The molecule has 2 amide bonds. The number of hydrogen-bond acceptors (Lipinski definition) is 6. The second kappa shape index (κ2) is 10.6. The Morgan fingerprint density at radius 3 is 2.53 bits per heavy atom. The zero-order chi connectivity index (χ0) is 20.8. The van der Waals surface area contributed by atoms with Crippen molar-refractivity contribution in [3.05, 3.63) is 23.4 Å². The fourth-order valence-corrected chi connectivity index (χ4v) is 4.25. The van der Waals surface area contributed by atoms with Crippen LogP contribution < -0.4 is 11.1 Å². The van der Waals surface area contributed by atoms with Gasteiger partial charge in [-0.3, -0.25) is 5.73 Å². The topological polar surface area (TPSA) is 97.9 Å². The van der Waals surface area contributed by atoms with Gasteiger partial charge < -0.3 is 30.2 Å². The summed E-state index contributed by atoms with van der Waals surface area (Å²) in [5, 5.41) is 10.3. The van der Waals surface area contributed by atoms with Gasteiger partial charge in [0.05, 0.1) is 6.54 Å². The van der Waals surface area contributed by atoms with Crippen LogP contribution in [0.1, 0.15) is 32.6 Å².